The minimum absolute atomic E-state index is 0.908. The Bertz CT molecular complexity index is 2840. The van der Waals surface area contributed by atoms with Crippen LogP contribution in [0.2, 0.25) is 0 Å². The fourth-order valence-electron chi connectivity index (χ4n) is 7.54. The predicted octanol–water partition coefficient (Wildman–Crippen LogP) is 13.3. The first-order valence-electron chi connectivity index (χ1n) is 16.4. The molecule has 1 aromatic heterocycles. The van der Waals surface area contributed by atoms with Crippen molar-refractivity contribution in [2.45, 2.75) is 0 Å². The van der Waals surface area contributed by atoms with Gasteiger partial charge in [0.25, 0.3) is 0 Å². The van der Waals surface area contributed by atoms with Crippen molar-refractivity contribution in [3.63, 3.8) is 0 Å². The summed E-state index contributed by atoms with van der Waals surface area (Å²) in [6.45, 7) is 0. The van der Waals surface area contributed by atoms with Gasteiger partial charge in [-0.05, 0) is 85.7 Å². The lowest BCUT2D eigenvalue weighted by Gasteiger charge is -2.28. The number of furan rings is 1. The summed E-state index contributed by atoms with van der Waals surface area (Å²) in [5.74, 6) is 0. The van der Waals surface area contributed by atoms with Gasteiger partial charge in [0.1, 0.15) is 11.2 Å². The Morgan fingerprint density at radius 3 is 1.79 bits per heavy atom. The molecule has 0 N–H and O–H groups in total. The van der Waals surface area contributed by atoms with E-state index in [9.17, 15) is 0 Å². The molecule has 0 fully saturated rings. The average Bonchev–Trinajstić information content (AvgIpc) is 3.54. The maximum Gasteiger partial charge on any atom is 0.143 e. The van der Waals surface area contributed by atoms with Crippen LogP contribution in [0.15, 0.2) is 180 Å². The number of para-hydroxylation sites is 2. The first-order chi connectivity index (χ1) is 23.8. The SMILES string of the molecule is c1ccc(-c2ccccc2N(c2ccc3ccc4c5ccccc5oc4c3c2)c2ccc3ccc4ccc5ccccc5c4c3c2)cc1. The Kier molecular flexibility index (Phi) is 5.91. The molecule has 0 bridgehead atoms. The fraction of sp³-hybridized carbons (Fsp3) is 0. The van der Waals surface area contributed by atoms with Crippen LogP contribution in [0.1, 0.15) is 0 Å². The molecule has 0 saturated carbocycles. The van der Waals surface area contributed by atoms with Crippen LogP contribution in [0.3, 0.4) is 0 Å². The maximum atomic E-state index is 6.53. The van der Waals surface area contributed by atoms with Crippen molar-refractivity contribution in [3.8, 4) is 11.1 Å². The van der Waals surface area contributed by atoms with Crippen molar-refractivity contribution in [3.05, 3.63) is 176 Å². The number of rotatable bonds is 4. The van der Waals surface area contributed by atoms with Crippen molar-refractivity contribution < 1.29 is 4.42 Å². The molecule has 10 aromatic rings. The number of benzene rings is 9. The Morgan fingerprint density at radius 1 is 0.375 bits per heavy atom. The van der Waals surface area contributed by atoms with E-state index < -0.39 is 0 Å². The third-order valence-electron chi connectivity index (χ3n) is 9.80. The minimum atomic E-state index is 0.908. The molecule has 9 aromatic carbocycles. The van der Waals surface area contributed by atoms with E-state index in [0.29, 0.717) is 0 Å². The standard InChI is InChI=1S/C46H29NO/c1-2-10-30(11-3-1)37-13-6-8-16-43(37)47(36-26-23-33-24-27-40-39-15-7-9-17-44(39)48-46(40)42(33)29-36)35-25-22-32-19-21-34-20-18-31-12-4-5-14-38(31)45(34)41(32)28-35/h1-29H. The molecular weight excluding hydrogens is 583 g/mol. The zero-order chi connectivity index (χ0) is 31.6. The number of hydrogen-bond donors (Lipinski definition) is 0. The van der Waals surface area contributed by atoms with Gasteiger partial charge in [0.2, 0.25) is 0 Å². The van der Waals surface area contributed by atoms with Crippen molar-refractivity contribution in [1.82, 2.24) is 0 Å². The average molecular weight is 612 g/mol. The Balaban J connectivity index is 1.28. The van der Waals surface area contributed by atoms with Gasteiger partial charge in [0, 0.05) is 33.1 Å². The van der Waals surface area contributed by atoms with E-state index in [0.717, 1.165) is 49.8 Å². The summed E-state index contributed by atoms with van der Waals surface area (Å²) in [4.78, 5) is 2.41. The van der Waals surface area contributed by atoms with Crippen LogP contribution in [-0.2, 0) is 0 Å². The maximum absolute atomic E-state index is 6.53. The summed E-state index contributed by atoms with van der Waals surface area (Å²) in [6, 6.07) is 63.4. The van der Waals surface area contributed by atoms with E-state index in [1.165, 1.54) is 43.4 Å². The van der Waals surface area contributed by atoms with Crippen LogP contribution in [0.25, 0.3) is 76.2 Å². The van der Waals surface area contributed by atoms with Crippen molar-refractivity contribution in [2.24, 2.45) is 0 Å². The first kappa shape index (κ1) is 26.8. The molecule has 0 aliphatic heterocycles. The van der Waals surface area contributed by atoms with E-state index in [4.69, 9.17) is 4.42 Å². The molecule has 224 valence electrons. The van der Waals surface area contributed by atoms with Gasteiger partial charge in [0.05, 0.1) is 5.69 Å². The molecule has 0 saturated heterocycles. The van der Waals surface area contributed by atoms with Gasteiger partial charge in [-0.25, -0.2) is 0 Å². The summed E-state index contributed by atoms with van der Waals surface area (Å²) in [5.41, 5.74) is 7.46. The van der Waals surface area contributed by atoms with Crippen molar-refractivity contribution in [2.75, 3.05) is 4.90 Å². The highest BCUT2D eigenvalue weighted by Crippen LogP contribution is 2.44. The van der Waals surface area contributed by atoms with Gasteiger partial charge >= 0.3 is 0 Å². The van der Waals surface area contributed by atoms with Crippen LogP contribution in [0, 0.1) is 0 Å². The zero-order valence-electron chi connectivity index (χ0n) is 26.1. The molecular formula is C46H29NO. The molecule has 0 aliphatic carbocycles. The number of nitrogens with zero attached hydrogens (tertiary/aromatic N) is 1. The predicted molar refractivity (Wildman–Crippen MR) is 204 cm³/mol. The largest absolute Gasteiger partial charge is 0.455 e. The molecule has 2 nitrogen and oxygen atoms in total. The van der Waals surface area contributed by atoms with Gasteiger partial charge in [0.15, 0.2) is 0 Å². The quantitative estimate of drug-likeness (QED) is 0.184. The summed E-state index contributed by atoms with van der Waals surface area (Å²) < 4.78 is 6.53. The van der Waals surface area contributed by atoms with Crippen LogP contribution in [0.5, 0.6) is 0 Å². The highest BCUT2D eigenvalue weighted by Gasteiger charge is 2.20. The molecule has 1 heterocycles. The van der Waals surface area contributed by atoms with E-state index >= 15 is 0 Å². The Labute approximate surface area is 277 Å². The molecule has 0 unspecified atom stereocenters. The number of anilines is 3. The highest BCUT2D eigenvalue weighted by molar-refractivity contribution is 6.21. The number of fused-ring (bicyclic) bond motifs is 10. The monoisotopic (exact) mass is 611 g/mol. The van der Waals surface area contributed by atoms with Crippen LogP contribution >= 0.6 is 0 Å². The highest BCUT2D eigenvalue weighted by atomic mass is 16.3. The molecule has 0 amide bonds. The topological polar surface area (TPSA) is 16.4 Å². The lowest BCUT2D eigenvalue weighted by Crippen LogP contribution is -2.11. The lowest BCUT2D eigenvalue weighted by molar-refractivity contribution is 0.672. The van der Waals surface area contributed by atoms with E-state index in [2.05, 4.69) is 175 Å². The lowest BCUT2D eigenvalue weighted by atomic mass is 9.95. The second-order valence-electron chi connectivity index (χ2n) is 12.5. The summed E-state index contributed by atoms with van der Waals surface area (Å²) in [5, 5.41) is 12.0. The molecule has 48 heavy (non-hydrogen) atoms. The normalized spacial score (nSPS) is 11.8. The summed E-state index contributed by atoms with van der Waals surface area (Å²) in [7, 11) is 0. The second kappa shape index (κ2) is 10.6. The zero-order valence-corrected chi connectivity index (χ0v) is 26.1. The molecule has 0 radical (unpaired) electrons. The molecule has 0 atom stereocenters. The molecule has 10 rings (SSSR count). The first-order valence-corrected chi connectivity index (χ1v) is 16.4. The minimum Gasteiger partial charge on any atom is -0.455 e. The van der Waals surface area contributed by atoms with Gasteiger partial charge in [-0.3, -0.25) is 0 Å². The number of hydrogen-bond acceptors (Lipinski definition) is 2. The fourth-order valence-corrected chi connectivity index (χ4v) is 7.54. The smallest absolute Gasteiger partial charge is 0.143 e. The van der Waals surface area contributed by atoms with Crippen molar-refractivity contribution in [1.29, 1.82) is 0 Å². The molecule has 0 spiro atoms. The summed E-state index contributed by atoms with van der Waals surface area (Å²) in [6.07, 6.45) is 0. The van der Waals surface area contributed by atoms with E-state index in [1.807, 2.05) is 6.07 Å². The van der Waals surface area contributed by atoms with Crippen LogP contribution in [-0.4, -0.2) is 0 Å². The third kappa shape index (κ3) is 4.13. The van der Waals surface area contributed by atoms with Gasteiger partial charge in [-0.2, -0.15) is 0 Å². The van der Waals surface area contributed by atoms with Gasteiger partial charge < -0.3 is 9.32 Å². The summed E-state index contributed by atoms with van der Waals surface area (Å²) >= 11 is 0. The van der Waals surface area contributed by atoms with E-state index in [-0.39, 0.29) is 0 Å². The van der Waals surface area contributed by atoms with Gasteiger partial charge in [-0.15, -0.1) is 0 Å². The van der Waals surface area contributed by atoms with Crippen molar-refractivity contribution >= 4 is 82.1 Å². The van der Waals surface area contributed by atoms with Gasteiger partial charge in [-0.1, -0.05) is 133 Å². The van der Waals surface area contributed by atoms with Crippen LogP contribution < -0.4 is 4.90 Å². The van der Waals surface area contributed by atoms with E-state index in [1.54, 1.807) is 0 Å². The second-order valence-corrected chi connectivity index (χ2v) is 12.5. The van der Waals surface area contributed by atoms with Crippen LogP contribution in [0.4, 0.5) is 17.1 Å². The molecule has 2 heteroatoms. The Hall–Kier alpha value is -6.38. The molecule has 0 aliphatic rings. The third-order valence-corrected chi connectivity index (χ3v) is 9.80. The Morgan fingerprint density at radius 2 is 0.958 bits per heavy atom.